The van der Waals surface area contributed by atoms with E-state index in [0.717, 1.165) is 35.4 Å². The quantitative estimate of drug-likeness (QED) is 0.808. The molecule has 96 valence electrons. The van der Waals surface area contributed by atoms with Crippen LogP contribution in [0.15, 0.2) is 18.2 Å². The number of aromatic nitrogens is 2. The van der Waals surface area contributed by atoms with Crippen molar-refractivity contribution in [2.24, 2.45) is 7.05 Å². The number of rotatable bonds is 3. The van der Waals surface area contributed by atoms with Crippen LogP contribution in [0.2, 0.25) is 0 Å². The summed E-state index contributed by atoms with van der Waals surface area (Å²) in [6, 6.07) is 5.39. The summed E-state index contributed by atoms with van der Waals surface area (Å²) in [5.74, 6) is -0.160. The molecular weight excluding hydrogens is 227 g/mol. The van der Waals surface area contributed by atoms with Gasteiger partial charge in [0.15, 0.2) is 0 Å². The Kier molecular flexibility index (Phi) is 3.50. The van der Waals surface area contributed by atoms with Gasteiger partial charge in [-0.15, -0.1) is 0 Å². The minimum Gasteiger partial charge on any atom is -0.272 e. The molecule has 0 saturated carbocycles. The van der Waals surface area contributed by atoms with Crippen LogP contribution >= 0.6 is 0 Å². The monoisotopic (exact) mass is 246 g/mol. The van der Waals surface area contributed by atoms with Crippen molar-refractivity contribution in [2.75, 3.05) is 0 Å². The summed E-state index contributed by atoms with van der Waals surface area (Å²) >= 11 is 0. The molecule has 0 saturated heterocycles. The molecule has 1 aromatic carbocycles. The summed E-state index contributed by atoms with van der Waals surface area (Å²) in [5.41, 5.74) is 4.64. The maximum absolute atomic E-state index is 14.1. The van der Waals surface area contributed by atoms with Gasteiger partial charge in [-0.05, 0) is 31.4 Å². The maximum atomic E-state index is 14.1. The van der Waals surface area contributed by atoms with Crippen LogP contribution in [-0.4, -0.2) is 9.78 Å². The highest BCUT2D eigenvalue weighted by molar-refractivity contribution is 5.70. The topological polar surface area (TPSA) is 17.8 Å². The maximum Gasteiger partial charge on any atom is 0.131 e. The Balaban J connectivity index is 2.69. The van der Waals surface area contributed by atoms with Gasteiger partial charge in [0.05, 0.1) is 5.69 Å². The number of aryl methyl sites for hydroxylation is 3. The van der Waals surface area contributed by atoms with E-state index in [1.54, 1.807) is 6.07 Å². The molecule has 0 unspecified atom stereocenters. The van der Waals surface area contributed by atoms with Crippen LogP contribution in [0.4, 0.5) is 4.39 Å². The Morgan fingerprint density at radius 3 is 2.50 bits per heavy atom. The normalized spacial score (nSPS) is 10.9. The number of nitrogens with zero attached hydrogens (tertiary/aromatic N) is 2. The first kappa shape index (κ1) is 12.8. The van der Waals surface area contributed by atoms with E-state index in [4.69, 9.17) is 0 Å². The lowest BCUT2D eigenvalue weighted by atomic mass is 9.99. The summed E-state index contributed by atoms with van der Waals surface area (Å²) in [7, 11) is 1.92. The van der Waals surface area contributed by atoms with Gasteiger partial charge in [0.25, 0.3) is 0 Å². The summed E-state index contributed by atoms with van der Waals surface area (Å²) in [6.45, 7) is 6.03. The average molecular weight is 246 g/mol. The molecule has 0 aliphatic heterocycles. The minimum atomic E-state index is -0.160. The van der Waals surface area contributed by atoms with E-state index in [1.807, 2.05) is 30.8 Å². The molecule has 0 atom stereocenters. The highest BCUT2D eigenvalue weighted by atomic mass is 19.1. The molecule has 0 N–H and O–H groups in total. The molecule has 2 aromatic rings. The summed E-state index contributed by atoms with van der Waals surface area (Å²) in [6.07, 6.45) is 1.67. The molecule has 0 aliphatic carbocycles. The fourth-order valence-electron chi connectivity index (χ4n) is 2.41. The minimum absolute atomic E-state index is 0.160. The van der Waals surface area contributed by atoms with E-state index in [9.17, 15) is 4.39 Å². The Hall–Kier alpha value is -1.64. The highest BCUT2D eigenvalue weighted by Crippen LogP contribution is 2.30. The van der Waals surface area contributed by atoms with E-state index in [1.165, 1.54) is 0 Å². The molecule has 0 spiro atoms. The Morgan fingerprint density at radius 2 is 1.94 bits per heavy atom. The molecule has 0 amide bonds. The van der Waals surface area contributed by atoms with Crippen molar-refractivity contribution in [1.29, 1.82) is 0 Å². The molecule has 0 radical (unpaired) electrons. The van der Waals surface area contributed by atoms with Gasteiger partial charge < -0.3 is 0 Å². The second-order valence-corrected chi connectivity index (χ2v) is 4.58. The first-order chi connectivity index (χ1) is 8.58. The van der Waals surface area contributed by atoms with Gasteiger partial charge >= 0.3 is 0 Å². The van der Waals surface area contributed by atoms with Gasteiger partial charge in [0.2, 0.25) is 0 Å². The van der Waals surface area contributed by atoms with Crippen molar-refractivity contribution in [2.45, 2.75) is 33.6 Å². The Labute approximate surface area is 107 Å². The zero-order valence-electron chi connectivity index (χ0n) is 11.4. The Morgan fingerprint density at radius 1 is 1.22 bits per heavy atom. The fourth-order valence-corrected chi connectivity index (χ4v) is 2.41. The molecule has 0 fully saturated rings. The summed E-state index contributed by atoms with van der Waals surface area (Å²) < 4.78 is 16.0. The highest BCUT2D eigenvalue weighted by Gasteiger charge is 2.18. The summed E-state index contributed by atoms with van der Waals surface area (Å²) in [4.78, 5) is 0. The van der Waals surface area contributed by atoms with Gasteiger partial charge in [-0.3, -0.25) is 4.68 Å². The second-order valence-electron chi connectivity index (χ2n) is 4.58. The molecule has 2 rings (SSSR count). The smallest absolute Gasteiger partial charge is 0.131 e. The van der Waals surface area contributed by atoms with Gasteiger partial charge in [0, 0.05) is 23.9 Å². The average Bonchev–Trinajstić information content (AvgIpc) is 2.65. The zero-order valence-corrected chi connectivity index (χ0v) is 11.4. The third-order valence-electron chi connectivity index (χ3n) is 3.30. The van der Waals surface area contributed by atoms with E-state index in [0.29, 0.717) is 5.56 Å². The van der Waals surface area contributed by atoms with Gasteiger partial charge in [0.1, 0.15) is 5.82 Å². The van der Waals surface area contributed by atoms with Crippen molar-refractivity contribution < 1.29 is 4.39 Å². The van der Waals surface area contributed by atoms with Gasteiger partial charge in [-0.2, -0.15) is 5.10 Å². The van der Waals surface area contributed by atoms with Crippen molar-refractivity contribution >= 4 is 0 Å². The lowest BCUT2D eigenvalue weighted by Gasteiger charge is -2.07. The molecule has 3 heteroatoms. The molecule has 18 heavy (non-hydrogen) atoms. The van der Waals surface area contributed by atoms with Crippen LogP contribution in [0.25, 0.3) is 11.1 Å². The van der Waals surface area contributed by atoms with Crippen LogP contribution in [0.3, 0.4) is 0 Å². The molecule has 1 heterocycles. The fraction of sp³-hybridized carbons (Fsp3) is 0.400. The largest absolute Gasteiger partial charge is 0.272 e. The number of hydrogen-bond acceptors (Lipinski definition) is 1. The van der Waals surface area contributed by atoms with Gasteiger partial charge in [-0.1, -0.05) is 26.0 Å². The van der Waals surface area contributed by atoms with Crippen LogP contribution in [0.1, 0.15) is 30.8 Å². The zero-order chi connectivity index (χ0) is 13.3. The molecule has 1 aromatic heterocycles. The molecular formula is C15H19FN2. The number of benzene rings is 1. The number of halogens is 1. The van der Waals surface area contributed by atoms with Gasteiger partial charge in [-0.25, -0.2) is 4.39 Å². The van der Waals surface area contributed by atoms with Crippen LogP contribution in [-0.2, 0) is 19.9 Å². The third-order valence-corrected chi connectivity index (χ3v) is 3.30. The van der Waals surface area contributed by atoms with Crippen molar-refractivity contribution in [3.05, 3.63) is 41.0 Å². The lowest BCUT2D eigenvalue weighted by molar-refractivity contribution is 0.629. The first-order valence-corrected chi connectivity index (χ1v) is 6.39. The summed E-state index contributed by atoms with van der Waals surface area (Å²) in [5, 5.41) is 4.49. The van der Waals surface area contributed by atoms with E-state index in [-0.39, 0.29) is 5.82 Å². The van der Waals surface area contributed by atoms with E-state index in [2.05, 4.69) is 18.9 Å². The predicted molar refractivity (Wildman–Crippen MR) is 72.1 cm³/mol. The first-order valence-electron chi connectivity index (χ1n) is 6.39. The van der Waals surface area contributed by atoms with Crippen LogP contribution in [0.5, 0.6) is 0 Å². The van der Waals surface area contributed by atoms with Crippen molar-refractivity contribution in [3.8, 4) is 11.1 Å². The predicted octanol–water partition coefficient (Wildman–Crippen LogP) is 3.66. The van der Waals surface area contributed by atoms with E-state index >= 15 is 0 Å². The SMILES string of the molecule is CCc1nn(C)c(CC)c1-c1ccc(C)cc1F. The van der Waals surface area contributed by atoms with Crippen LogP contribution < -0.4 is 0 Å². The lowest BCUT2D eigenvalue weighted by Crippen LogP contribution is -1.97. The standard InChI is InChI=1S/C15H19FN2/c1-5-13-15(14(6-2)18(4)17-13)11-8-7-10(3)9-12(11)16/h7-9H,5-6H2,1-4H3. The molecule has 0 aliphatic rings. The van der Waals surface area contributed by atoms with Crippen LogP contribution in [0, 0.1) is 12.7 Å². The van der Waals surface area contributed by atoms with Crippen molar-refractivity contribution in [1.82, 2.24) is 9.78 Å². The molecule has 0 bridgehead atoms. The van der Waals surface area contributed by atoms with E-state index < -0.39 is 0 Å². The second kappa shape index (κ2) is 4.92. The molecule has 2 nitrogen and oxygen atoms in total. The van der Waals surface area contributed by atoms with Crippen molar-refractivity contribution in [3.63, 3.8) is 0 Å². The Bertz CT molecular complexity index is 570. The number of hydrogen-bond donors (Lipinski definition) is 0. The third kappa shape index (κ3) is 2.05.